The number of hydrogen-bond acceptors (Lipinski definition) is 6. The van der Waals surface area contributed by atoms with Gasteiger partial charge in [-0.05, 0) is 36.9 Å². The smallest absolute Gasteiger partial charge is 0.153 e. The molecule has 4 rings (SSSR count). The van der Waals surface area contributed by atoms with Crippen LogP contribution in [0.3, 0.4) is 0 Å². The molecule has 26 heavy (non-hydrogen) atoms. The van der Waals surface area contributed by atoms with Crippen LogP contribution >= 0.6 is 0 Å². The minimum Gasteiger partial charge on any atom is -0.497 e. The number of ether oxygens (including phenoxy) is 1. The van der Waals surface area contributed by atoms with Gasteiger partial charge in [0.2, 0.25) is 0 Å². The van der Waals surface area contributed by atoms with Gasteiger partial charge in [0.05, 0.1) is 24.3 Å². The van der Waals surface area contributed by atoms with Crippen molar-refractivity contribution in [3.8, 4) is 11.4 Å². The lowest BCUT2D eigenvalue weighted by molar-refractivity contribution is 0.0572. The van der Waals surface area contributed by atoms with Gasteiger partial charge in [0, 0.05) is 44.1 Å². The van der Waals surface area contributed by atoms with E-state index in [1.165, 1.54) is 0 Å². The Hall–Kier alpha value is -1.90. The highest BCUT2D eigenvalue weighted by molar-refractivity contribution is 7.91. The van der Waals surface area contributed by atoms with Gasteiger partial charge in [-0.3, -0.25) is 9.80 Å². The number of likely N-dealkylation sites (N-methyl/N-ethyl adjacent to an activating group) is 1. The van der Waals surface area contributed by atoms with Gasteiger partial charge >= 0.3 is 0 Å². The third-order valence-corrected chi connectivity index (χ3v) is 7.18. The molecule has 0 unspecified atom stereocenters. The maximum atomic E-state index is 12.2. The van der Waals surface area contributed by atoms with Crippen molar-refractivity contribution in [2.24, 2.45) is 0 Å². The van der Waals surface area contributed by atoms with E-state index in [0.717, 1.165) is 30.1 Å². The summed E-state index contributed by atoms with van der Waals surface area (Å²) in [6, 6.07) is 7.95. The lowest BCUT2D eigenvalue weighted by atomic mass is 10.0. The predicted octanol–water partition coefficient (Wildman–Crippen LogP) is 0.794. The van der Waals surface area contributed by atoms with Crippen molar-refractivity contribution in [2.45, 2.75) is 18.6 Å². The molecule has 2 atom stereocenters. The molecule has 0 radical (unpaired) electrons. The van der Waals surface area contributed by atoms with Crippen molar-refractivity contribution >= 4 is 9.84 Å². The fraction of sp³-hybridized carbons (Fsp3) is 0.500. The van der Waals surface area contributed by atoms with E-state index >= 15 is 0 Å². The molecule has 3 heterocycles. The van der Waals surface area contributed by atoms with Crippen molar-refractivity contribution in [3.63, 3.8) is 0 Å². The molecule has 0 saturated carbocycles. The van der Waals surface area contributed by atoms with Crippen LogP contribution in [0.4, 0.5) is 0 Å². The summed E-state index contributed by atoms with van der Waals surface area (Å²) in [7, 11) is 0.701. The second-order valence-electron chi connectivity index (χ2n) is 7.11. The largest absolute Gasteiger partial charge is 0.497 e. The Morgan fingerprint density at radius 3 is 2.77 bits per heavy atom. The number of nitrogens with zero attached hydrogens (tertiary/aromatic N) is 4. The fourth-order valence-corrected chi connectivity index (χ4v) is 6.15. The number of benzene rings is 1. The van der Waals surface area contributed by atoms with Crippen LogP contribution in [0.2, 0.25) is 0 Å². The summed E-state index contributed by atoms with van der Waals surface area (Å²) in [5, 5.41) is 4.35. The zero-order valence-electron chi connectivity index (χ0n) is 15.1. The molecule has 0 amide bonds. The van der Waals surface area contributed by atoms with E-state index in [9.17, 15) is 8.42 Å². The van der Waals surface area contributed by atoms with Gasteiger partial charge in [-0.25, -0.2) is 13.1 Å². The Labute approximate surface area is 154 Å². The molecule has 0 spiro atoms. The quantitative estimate of drug-likeness (QED) is 0.786. The second kappa shape index (κ2) is 6.68. The third-order valence-electron chi connectivity index (χ3n) is 5.48. The number of hydrogen-bond donors (Lipinski definition) is 0. The van der Waals surface area contributed by atoms with E-state index in [1.54, 1.807) is 13.3 Å². The Morgan fingerprint density at radius 2 is 2.04 bits per heavy atom. The molecule has 2 aromatic rings. The fourth-order valence-electron chi connectivity index (χ4n) is 4.06. The topological polar surface area (TPSA) is 67.7 Å². The molecule has 2 fully saturated rings. The van der Waals surface area contributed by atoms with Gasteiger partial charge in [-0.1, -0.05) is 0 Å². The SMILES string of the molecule is COc1ccc(-n2cccn2)c(CN2CCN(C)[C@H]3CS(=O)(=O)C[C@H]32)c1. The zero-order valence-corrected chi connectivity index (χ0v) is 15.9. The molecular formula is C18H24N4O3S. The van der Waals surface area contributed by atoms with Crippen molar-refractivity contribution in [1.29, 1.82) is 0 Å². The van der Waals surface area contributed by atoms with Crippen LogP contribution in [-0.2, 0) is 16.4 Å². The Balaban J connectivity index is 1.66. The molecule has 7 nitrogen and oxygen atoms in total. The normalized spacial score (nSPS) is 25.9. The molecular weight excluding hydrogens is 352 g/mol. The predicted molar refractivity (Wildman–Crippen MR) is 99.4 cm³/mol. The maximum absolute atomic E-state index is 12.2. The molecule has 1 aromatic carbocycles. The van der Waals surface area contributed by atoms with Crippen LogP contribution < -0.4 is 4.74 Å². The first-order chi connectivity index (χ1) is 12.5. The number of methoxy groups -OCH3 is 1. The van der Waals surface area contributed by atoms with E-state index < -0.39 is 9.84 Å². The van der Waals surface area contributed by atoms with Crippen LogP contribution in [0, 0.1) is 0 Å². The van der Waals surface area contributed by atoms with Gasteiger partial charge in [0.25, 0.3) is 0 Å². The van der Waals surface area contributed by atoms with E-state index in [2.05, 4.69) is 14.9 Å². The molecule has 2 aliphatic rings. The first-order valence-corrected chi connectivity index (χ1v) is 10.6. The number of piperazine rings is 1. The molecule has 0 aliphatic carbocycles. The van der Waals surface area contributed by atoms with E-state index in [-0.39, 0.29) is 23.6 Å². The first-order valence-electron chi connectivity index (χ1n) is 8.78. The molecule has 2 aliphatic heterocycles. The Bertz CT molecular complexity index is 882. The minimum absolute atomic E-state index is 0.0374. The summed E-state index contributed by atoms with van der Waals surface area (Å²) in [6.45, 7) is 2.40. The molecule has 8 heteroatoms. The van der Waals surface area contributed by atoms with Gasteiger partial charge in [0.1, 0.15) is 5.75 Å². The molecule has 2 saturated heterocycles. The highest BCUT2D eigenvalue weighted by Gasteiger charge is 2.45. The third kappa shape index (κ3) is 3.24. The summed E-state index contributed by atoms with van der Waals surface area (Å²) in [5.74, 6) is 1.29. The number of rotatable bonds is 4. The van der Waals surface area contributed by atoms with Crippen molar-refractivity contribution in [2.75, 3.05) is 38.8 Å². The van der Waals surface area contributed by atoms with Crippen LogP contribution in [-0.4, -0.2) is 78.8 Å². The van der Waals surface area contributed by atoms with E-state index in [0.29, 0.717) is 6.54 Å². The zero-order chi connectivity index (χ0) is 18.3. The maximum Gasteiger partial charge on any atom is 0.153 e. The second-order valence-corrected chi connectivity index (χ2v) is 9.26. The molecule has 1 aromatic heterocycles. The van der Waals surface area contributed by atoms with E-state index in [4.69, 9.17) is 4.74 Å². The van der Waals surface area contributed by atoms with Crippen LogP contribution in [0.15, 0.2) is 36.7 Å². The van der Waals surface area contributed by atoms with Crippen LogP contribution in [0.25, 0.3) is 5.69 Å². The van der Waals surface area contributed by atoms with Crippen molar-refractivity contribution < 1.29 is 13.2 Å². The highest BCUT2D eigenvalue weighted by Crippen LogP contribution is 2.29. The van der Waals surface area contributed by atoms with Crippen molar-refractivity contribution in [3.05, 3.63) is 42.2 Å². The average Bonchev–Trinajstić information content (AvgIpc) is 3.25. The number of fused-ring (bicyclic) bond motifs is 1. The Morgan fingerprint density at radius 1 is 1.23 bits per heavy atom. The van der Waals surface area contributed by atoms with Gasteiger partial charge < -0.3 is 4.74 Å². The van der Waals surface area contributed by atoms with Crippen LogP contribution in [0.5, 0.6) is 5.75 Å². The monoisotopic (exact) mass is 376 g/mol. The summed E-state index contributed by atoms with van der Waals surface area (Å²) in [4.78, 5) is 4.49. The molecule has 0 bridgehead atoms. The summed E-state index contributed by atoms with van der Waals surface area (Å²) >= 11 is 0. The lowest BCUT2D eigenvalue weighted by Gasteiger charge is -2.42. The van der Waals surface area contributed by atoms with Gasteiger partial charge in [-0.2, -0.15) is 5.10 Å². The van der Waals surface area contributed by atoms with E-state index in [1.807, 2.05) is 42.2 Å². The number of aromatic nitrogens is 2. The van der Waals surface area contributed by atoms with Gasteiger partial charge in [0.15, 0.2) is 9.84 Å². The highest BCUT2D eigenvalue weighted by atomic mass is 32.2. The summed E-state index contributed by atoms with van der Waals surface area (Å²) in [6.07, 6.45) is 3.67. The summed E-state index contributed by atoms with van der Waals surface area (Å²) < 4.78 is 31.7. The minimum atomic E-state index is -2.98. The average molecular weight is 376 g/mol. The molecule has 0 N–H and O–H groups in total. The molecule has 140 valence electrons. The van der Waals surface area contributed by atoms with Crippen LogP contribution in [0.1, 0.15) is 5.56 Å². The van der Waals surface area contributed by atoms with Gasteiger partial charge in [-0.15, -0.1) is 0 Å². The first kappa shape index (κ1) is 17.5. The Kier molecular flexibility index (Phi) is 4.50. The summed E-state index contributed by atoms with van der Waals surface area (Å²) in [5.41, 5.74) is 2.08. The lowest BCUT2D eigenvalue weighted by Crippen LogP contribution is -2.57. The van der Waals surface area contributed by atoms with Crippen molar-refractivity contribution in [1.82, 2.24) is 19.6 Å². The number of sulfone groups is 1. The standard InChI is InChI=1S/C18H24N4O3S/c1-20-8-9-21(18-13-26(23,24)12-17(18)20)11-14-10-15(25-2)4-5-16(14)22-7-3-6-19-22/h3-7,10,17-18H,8-9,11-13H2,1-2H3/t17-,18+/m0/s1.